The fourth-order valence-corrected chi connectivity index (χ4v) is 2.75. The average molecular weight is 254 g/mol. The Morgan fingerprint density at radius 1 is 1.35 bits per heavy atom. The minimum Gasteiger partial charge on any atom is -0.273 e. The van der Waals surface area contributed by atoms with E-state index in [1.54, 1.807) is 6.07 Å². The van der Waals surface area contributed by atoms with Gasteiger partial charge in [-0.15, -0.1) is 0 Å². The number of fused-ring (bicyclic) bond motifs is 1. The summed E-state index contributed by atoms with van der Waals surface area (Å²) in [5, 5.41) is 5.02. The minimum atomic E-state index is -4.01. The first-order valence-corrected chi connectivity index (χ1v) is 6.79. The molecule has 0 spiro atoms. The van der Waals surface area contributed by atoms with Crippen molar-refractivity contribution in [2.24, 2.45) is 5.14 Å². The van der Waals surface area contributed by atoms with E-state index in [9.17, 15) is 13.2 Å². The van der Waals surface area contributed by atoms with Crippen molar-refractivity contribution in [3.63, 3.8) is 0 Å². The second-order valence-electron chi connectivity index (χ2n) is 4.42. The van der Waals surface area contributed by atoms with Gasteiger partial charge in [-0.05, 0) is 23.1 Å². The highest BCUT2D eigenvalue weighted by Gasteiger charge is 2.34. The standard InChI is InChI=1S/C11H14N2O3S/c1-7(2)8-3-4-10-9(5-8)6-11(14)13(10)17(12,15)16/h3-5,7H,6H2,1-2H3,(H2,12,15,16). The van der Waals surface area contributed by atoms with Crippen LogP contribution in [-0.2, 0) is 21.4 Å². The largest absolute Gasteiger partial charge is 0.305 e. The van der Waals surface area contributed by atoms with Crippen molar-refractivity contribution in [2.75, 3.05) is 4.31 Å². The van der Waals surface area contributed by atoms with Gasteiger partial charge in [-0.25, -0.2) is 5.14 Å². The lowest BCUT2D eigenvalue weighted by molar-refractivity contribution is -0.116. The third-order valence-corrected chi connectivity index (χ3v) is 3.72. The van der Waals surface area contributed by atoms with Crippen molar-refractivity contribution in [3.05, 3.63) is 29.3 Å². The molecule has 92 valence electrons. The quantitative estimate of drug-likeness (QED) is 0.851. The number of anilines is 1. The van der Waals surface area contributed by atoms with E-state index in [4.69, 9.17) is 5.14 Å². The summed E-state index contributed by atoms with van der Waals surface area (Å²) in [7, 11) is -4.01. The molecular weight excluding hydrogens is 240 g/mol. The van der Waals surface area contributed by atoms with Crippen LogP contribution in [0.25, 0.3) is 0 Å². The molecule has 0 radical (unpaired) electrons. The molecule has 0 aromatic heterocycles. The van der Waals surface area contributed by atoms with E-state index in [2.05, 4.69) is 0 Å². The van der Waals surface area contributed by atoms with Gasteiger partial charge in [0.2, 0.25) is 5.91 Å². The Hall–Kier alpha value is -1.40. The van der Waals surface area contributed by atoms with Crippen LogP contribution in [0.15, 0.2) is 18.2 Å². The number of nitrogens with two attached hydrogens (primary N) is 1. The summed E-state index contributed by atoms with van der Waals surface area (Å²) in [6.07, 6.45) is 0.0896. The number of hydrogen-bond acceptors (Lipinski definition) is 3. The highest BCUT2D eigenvalue weighted by Crippen LogP contribution is 2.32. The number of carbonyl (C=O) groups is 1. The summed E-state index contributed by atoms with van der Waals surface area (Å²) >= 11 is 0. The SMILES string of the molecule is CC(C)c1ccc2c(c1)CC(=O)N2S(N)(=O)=O. The lowest BCUT2D eigenvalue weighted by atomic mass is 10.00. The van der Waals surface area contributed by atoms with Crippen molar-refractivity contribution in [1.82, 2.24) is 0 Å². The summed E-state index contributed by atoms with van der Waals surface area (Å²) in [6, 6.07) is 5.32. The predicted molar refractivity (Wildman–Crippen MR) is 64.8 cm³/mol. The van der Waals surface area contributed by atoms with Crippen molar-refractivity contribution in [3.8, 4) is 0 Å². The van der Waals surface area contributed by atoms with Crippen LogP contribution in [0.5, 0.6) is 0 Å². The van der Waals surface area contributed by atoms with E-state index in [0.717, 1.165) is 11.1 Å². The molecule has 2 rings (SSSR count). The zero-order valence-electron chi connectivity index (χ0n) is 9.67. The first kappa shape index (κ1) is 12.1. The topological polar surface area (TPSA) is 80.5 Å². The lowest BCUT2D eigenvalue weighted by Gasteiger charge is -2.14. The second-order valence-corrected chi connectivity index (χ2v) is 5.82. The molecule has 1 aliphatic rings. The Morgan fingerprint density at radius 3 is 2.53 bits per heavy atom. The second kappa shape index (κ2) is 3.82. The molecule has 0 bridgehead atoms. The molecule has 0 aliphatic carbocycles. The third-order valence-electron chi connectivity index (χ3n) is 2.81. The highest BCUT2D eigenvalue weighted by molar-refractivity contribution is 7.91. The lowest BCUT2D eigenvalue weighted by Crippen LogP contribution is -2.38. The summed E-state index contributed by atoms with van der Waals surface area (Å²) in [6.45, 7) is 4.08. The normalized spacial score (nSPS) is 15.5. The summed E-state index contributed by atoms with van der Waals surface area (Å²) in [5.74, 6) is -0.164. The van der Waals surface area contributed by atoms with Crippen LogP contribution >= 0.6 is 0 Å². The zero-order valence-corrected chi connectivity index (χ0v) is 10.5. The molecule has 17 heavy (non-hydrogen) atoms. The van der Waals surface area contributed by atoms with E-state index in [1.165, 1.54) is 0 Å². The van der Waals surface area contributed by atoms with Gasteiger partial charge >= 0.3 is 10.2 Å². The van der Waals surface area contributed by atoms with Crippen molar-refractivity contribution in [2.45, 2.75) is 26.2 Å². The molecular formula is C11H14N2O3S. The molecule has 0 unspecified atom stereocenters. The molecule has 5 nitrogen and oxygen atoms in total. The molecule has 0 atom stereocenters. The number of nitrogens with zero attached hydrogens (tertiary/aromatic N) is 1. The van der Waals surface area contributed by atoms with Gasteiger partial charge in [-0.1, -0.05) is 26.0 Å². The van der Waals surface area contributed by atoms with Crippen molar-refractivity contribution in [1.29, 1.82) is 0 Å². The molecule has 2 N–H and O–H groups in total. The first-order chi connectivity index (χ1) is 7.80. The van der Waals surface area contributed by atoms with Crippen molar-refractivity contribution < 1.29 is 13.2 Å². The van der Waals surface area contributed by atoms with Gasteiger partial charge in [0.15, 0.2) is 0 Å². The van der Waals surface area contributed by atoms with Gasteiger partial charge in [0.25, 0.3) is 0 Å². The van der Waals surface area contributed by atoms with Gasteiger partial charge in [0.05, 0.1) is 12.1 Å². The molecule has 1 aromatic rings. The fraction of sp³-hybridized carbons (Fsp3) is 0.364. The van der Waals surface area contributed by atoms with E-state index >= 15 is 0 Å². The maximum Gasteiger partial charge on any atom is 0.305 e. The maximum atomic E-state index is 11.6. The van der Waals surface area contributed by atoms with Crippen LogP contribution in [0.1, 0.15) is 30.9 Å². The van der Waals surface area contributed by atoms with E-state index < -0.39 is 16.1 Å². The smallest absolute Gasteiger partial charge is 0.273 e. The molecule has 1 heterocycles. The summed E-state index contributed by atoms with van der Waals surface area (Å²) in [4.78, 5) is 11.6. The Bertz CT molecular complexity index is 578. The van der Waals surface area contributed by atoms with E-state index in [0.29, 0.717) is 15.9 Å². The van der Waals surface area contributed by atoms with Gasteiger partial charge in [-0.2, -0.15) is 12.7 Å². The maximum absolute atomic E-state index is 11.6. The number of rotatable bonds is 2. The predicted octanol–water partition coefficient (Wildman–Crippen LogP) is 0.903. The summed E-state index contributed by atoms with van der Waals surface area (Å²) < 4.78 is 23.3. The number of hydrogen-bond donors (Lipinski definition) is 1. The van der Waals surface area contributed by atoms with Crippen LogP contribution in [0.2, 0.25) is 0 Å². The first-order valence-electron chi connectivity index (χ1n) is 5.29. The Balaban J connectivity index is 2.54. The summed E-state index contributed by atoms with van der Waals surface area (Å²) in [5.41, 5.74) is 2.17. The number of carbonyl (C=O) groups excluding carboxylic acids is 1. The van der Waals surface area contributed by atoms with Crippen LogP contribution in [-0.4, -0.2) is 14.3 Å². The molecule has 6 heteroatoms. The highest BCUT2D eigenvalue weighted by atomic mass is 32.2. The minimum absolute atomic E-state index is 0.0896. The number of benzene rings is 1. The van der Waals surface area contributed by atoms with Gasteiger partial charge in [-0.3, -0.25) is 4.79 Å². The van der Waals surface area contributed by atoms with E-state index in [-0.39, 0.29) is 6.42 Å². The average Bonchev–Trinajstić information content (AvgIpc) is 2.51. The van der Waals surface area contributed by atoms with Crippen LogP contribution < -0.4 is 9.44 Å². The molecule has 0 fully saturated rings. The third kappa shape index (κ3) is 2.05. The van der Waals surface area contributed by atoms with Crippen LogP contribution in [0, 0.1) is 0 Å². The van der Waals surface area contributed by atoms with Gasteiger partial charge in [0.1, 0.15) is 0 Å². The van der Waals surface area contributed by atoms with Crippen LogP contribution in [0.3, 0.4) is 0 Å². The van der Waals surface area contributed by atoms with E-state index in [1.807, 2.05) is 26.0 Å². The monoisotopic (exact) mass is 254 g/mol. The molecule has 1 aromatic carbocycles. The number of amides is 1. The van der Waals surface area contributed by atoms with Crippen LogP contribution in [0.4, 0.5) is 5.69 Å². The Kier molecular flexibility index (Phi) is 2.71. The molecule has 0 saturated carbocycles. The Morgan fingerprint density at radius 2 is 2.00 bits per heavy atom. The van der Waals surface area contributed by atoms with Gasteiger partial charge < -0.3 is 0 Å². The van der Waals surface area contributed by atoms with Crippen molar-refractivity contribution >= 4 is 21.8 Å². The fourth-order valence-electron chi connectivity index (χ4n) is 1.95. The van der Waals surface area contributed by atoms with Gasteiger partial charge in [0, 0.05) is 0 Å². The molecule has 1 aliphatic heterocycles. The molecule has 1 amide bonds. The Labute approximate surface area is 100 Å². The molecule has 0 saturated heterocycles. The zero-order chi connectivity index (χ0) is 12.8.